The minimum atomic E-state index is -0.325. The predicted molar refractivity (Wildman–Crippen MR) is 108 cm³/mol. The van der Waals surface area contributed by atoms with Crippen LogP contribution in [0.15, 0.2) is 59.8 Å². The highest BCUT2D eigenvalue weighted by Gasteiger charge is 2.34. The summed E-state index contributed by atoms with van der Waals surface area (Å²) < 4.78 is 1.45. The van der Waals surface area contributed by atoms with Crippen LogP contribution in [0.5, 0.6) is 0 Å². The Morgan fingerprint density at radius 3 is 2.63 bits per heavy atom. The van der Waals surface area contributed by atoms with Crippen molar-refractivity contribution in [2.24, 2.45) is 0 Å². The molecule has 1 aliphatic rings. The first-order valence-electron chi connectivity index (χ1n) is 8.90. The van der Waals surface area contributed by atoms with Gasteiger partial charge in [0, 0.05) is 17.3 Å². The molecule has 0 fully saturated rings. The van der Waals surface area contributed by atoms with Gasteiger partial charge in [-0.2, -0.15) is 0 Å². The minimum Gasteiger partial charge on any atom is -0.335 e. The number of nitrogen functional groups attached to an aromatic ring is 1. The fourth-order valence-electron chi connectivity index (χ4n) is 3.45. The molecule has 2 aromatic carbocycles. The van der Waals surface area contributed by atoms with E-state index in [0.29, 0.717) is 11.0 Å². The van der Waals surface area contributed by atoms with Crippen molar-refractivity contribution < 1.29 is 4.79 Å². The molecule has 0 aliphatic carbocycles. The van der Waals surface area contributed by atoms with Gasteiger partial charge in [-0.05, 0) is 31.9 Å². The van der Waals surface area contributed by atoms with Crippen molar-refractivity contribution in [2.45, 2.75) is 36.7 Å². The molecule has 138 valence electrons. The van der Waals surface area contributed by atoms with E-state index in [-0.39, 0.29) is 17.2 Å². The number of benzene rings is 2. The van der Waals surface area contributed by atoms with Gasteiger partial charge in [0.05, 0.1) is 5.25 Å². The molecule has 0 saturated heterocycles. The number of nitrogens with zero attached hydrogens (tertiary/aromatic N) is 4. The zero-order valence-corrected chi connectivity index (χ0v) is 16.1. The topological polar surface area (TPSA) is 77.0 Å². The number of thioether (sulfide) groups is 1. The summed E-state index contributed by atoms with van der Waals surface area (Å²) in [5, 5.41) is 8.57. The highest BCUT2D eigenvalue weighted by Crippen LogP contribution is 2.34. The molecular weight excluding hydrogens is 358 g/mol. The van der Waals surface area contributed by atoms with E-state index >= 15 is 0 Å². The van der Waals surface area contributed by atoms with Crippen LogP contribution in [0.4, 0.5) is 5.69 Å². The third-order valence-electron chi connectivity index (χ3n) is 4.77. The second kappa shape index (κ2) is 7.08. The van der Waals surface area contributed by atoms with Crippen molar-refractivity contribution in [1.29, 1.82) is 0 Å². The second-order valence-electron chi connectivity index (χ2n) is 6.69. The fraction of sp³-hybridized carbons (Fsp3) is 0.250. The zero-order chi connectivity index (χ0) is 19.0. The summed E-state index contributed by atoms with van der Waals surface area (Å²) in [5.74, 6) is 6.83. The monoisotopic (exact) mass is 379 g/mol. The van der Waals surface area contributed by atoms with Gasteiger partial charge in [-0.25, -0.2) is 4.68 Å². The van der Waals surface area contributed by atoms with Gasteiger partial charge in [0.25, 0.3) is 0 Å². The van der Waals surface area contributed by atoms with E-state index in [1.54, 1.807) is 0 Å². The van der Waals surface area contributed by atoms with E-state index in [1.807, 2.05) is 60.4 Å². The van der Waals surface area contributed by atoms with Crippen molar-refractivity contribution in [3.05, 3.63) is 60.2 Å². The van der Waals surface area contributed by atoms with Crippen LogP contribution < -0.4 is 10.7 Å². The van der Waals surface area contributed by atoms with Crippen molar-refractivity contribution in [1.82, 2.24) is 14.9 Å². The standard InChI is InChI=1S/C20H21N5OS/c1-13-12-16-10-6-7-11-17(16)24(13)19(26)14(2)27-20-23-22-18(25(20)21)15-8-4-3-5-9-15/h3-11,13-14H,12,21H2,1-2H3. The maximum atomic E-state index is 13.1. The summed E-state index contributed by atoms with van der Waals surface area (Å²) in [7, 11) is 0. The Hall–Kier alpha value is -2.80. The van der Waals surface area contributed by atoms with E-state index in [2.05, 4.69) is 23.2 Å². The Kier molecular flexibility index (Phi) is 4.61. The van der Waals surface area contributed by atoms with Gasteiger partial charge in [-0.1, -0.05) is 60.3 Å². The van der Waals surface area contributed by atoms with E-state index in [4.69, 9.17) is 5.84 Å². The summed E-state index contributed by atoms with van der Waals surface area (Å²) in [6, 6.07) is 17.9. The highest BCUT2D eigenvalue weighted by atomic mass is 32.2. The molecule has 2 heterocycles. The van der Waals surface area contributed by atoms with Gasteiger partial charge < -0.3 is 10.7 Å². The van der Waals surface area contributed by atoms with Gasteiger partial charge in [0.15, 0.2) is 5.82 Å². The Morgan fingerprint density at radius 2 is 1.85 bits per heavy atom. The molecule has 3 aromatic rings. The van der Waals surface area contributed by atoms with Crippen LogP contribution in [-0.2, 0) is 11.2 Å². The number of amides is 1. The lowest BCUT2D eigenvalue weighted by Gasteiger charge is -2.25. The van der Waals surface area contributed by atoms with E-state index in [9.17, 15) is 4.79 Å². The van der Waals surface area contributed by atoms with Crippen molar-refractivity contribution in [3.8, 4) is 11.4 Å². The molecule has 0 radical (unpaired) electrons. The minimum absolute atomic E-state index is 0.0571. The molecule has 1 aliphatic heterocycles. The molecule has 0 saturated carbocycles. The van der Waals surface area contributed by atoms with E-state index in [0.717, 1.165) is 17.7 Å². The molecule has 1 amide bonds. The van der Waals surface area contributed by atoms with Crippen LogP contribution >= 0.6 is 11.8 Å². The van der Waals surface area contributed by atoms with Crippen LogP contribution in [0.25, 0.3) is 11.4 Å². The number of nitrogens with two attached hydrogens (primary N) is 1. The Morgan fingerprint density at radius 1 is 1.15 bits per heavy atom. The predicted octanol–water partition coefficient (Wildman–Crippen LogP) is 3.12. The van der Waals surface area contributed by atoms with Gasteiger partial charge in [0.1, 0.15) is 0 Å². The third kappa shape index (κ3) is 3.19. The number of hydrogen-bond donors (Lipinski definition) is 1. The number of fused-ring (bicyclic) bond motifs is 1. The molecule has 0 spiro atoms. The summed E-state index contributed by atoms with van der Waals surface area (Å²) in [5.41, 5.74) is 3.10. The molecule has 2 unspecified atom stereocenters. The lowest BCUT2D eigenvalue weighted by molar-refractivity contribution is -0.118. The number of hydrogen-bond acceptors (Lipinski definition) is 5. The maximum Gasteiger partial charge on any atom is 0.240 e. The largest absolute Gasteiger partial charge is 0.335 e. The first-order chi connectivity index (χ1) is 13.1. The van der Waals surface area contributed by atoms with Gasteiger partial charge >= 0.3 is 0 Å². The van der Waals surface area contributed by atoms with Gasteiger partial charge in [-0.3, -0.25) is 4.79 Å². The fourth-order valence-corrected chi connectivity index (χ4v) is 4.27. The summed E-state index contributed by atoms with van der Waals surface area (Å²) in [4.78, 5) is 15.0. The van der Waals surface area contributed by atoms with Crippen molar-refractivity contribution in [3.63, 3.8) is 0 Å². The van der Waals surface area contributed by atoms with E-state index < -0.39 is 0 Å². The van der Waals surface area contributed by atoms with Crippen LogP contribution in [0.2, 0.25) is 0 Å². The van der Waals surface area contributed by atoms with Crippen LogP contribution in [0.3, 0.4) is 0 Å². The number of anilines is 1. The molecule has 7 heteroatoms. The molecule has 2 N–H and O–H groups in total. The maximum absolute atomic E-state index is 13.1. The lowest BCUT2D eigenvalue weighted by atomic mass is 10.1. The molecule has 27 heavy (non-hydrogen) atoms. The first kappa shape index (κ1) is 17.6. The van der Waals surface area contributed by atoms with Gasteiger partial charge in [-0.15, -0.1) is 10.2 Å². The number of carbonyl (C=O) groups is 1. The van der Waals surface area contributed by atoms with Crippen LogP contribution in [-0.4, -0.2) is 32.1 Å². The Labute approximate surface area is 162 Å². The molecule has 6 nitrogen and oxygen atoms in total. The average molecular weight is 379 g/mol. The quantitative estimate of drug-likeness (QED) is 0.557. The Bertz CT molecular complexity index is 972. The average Bonchev–Trinajstić information content (AvgIpc) is 3.21. The molecule has 2 atom stereocenters. The number of carbonyl (C=O) groups excluding carboxylic acids is 1. The number of para-hydroxylation sites is 1. The van der Waals surface area contributed by atoms with Crippen LogP contribution in [0, 0.1) is 0 Å². The van der Waals surface area contributed by atoms with Crippen LogP contribution in [0.1, 0.15) is 19.4 Å². The second-order valence-corrected chi connectivity index (χ2v) is 8.00. The molecule has 1 aromatic heterocycles. The highest BCUT2D eigenvalue weighted by molar-refractivity contribution is 8.00. The Balaban J connectivity index is 1.54. The zero-order valence-electron chi connectivity index (χ0n) is 15.2. The molecule has 4 rings (SSSR count). The smallest absolute Gasteiger partial charge is 0.240 e. The molecular formula is C20H21N5OS. The normalized spacial score (nSPS) is 17.0. The number of rotatable bonds is 4. The van der Waals surface area contributed by atoms with Gasteiger partial charge in [0.2, 0.25) is 11.1 Å². The third-order valence-corrected chi connectivity index (χ3v) is 5.82. The SMILES string of the molecule is CC(Sc1nnc(-c2ccccc2)n1N)C(=O)N1c2ccccc2CC1C. The summed E-state index contributed by atoms with van der Waals surface area (Å²) in [6.45, 7) is 3.96. The number of aromatic nitrogens is 3. The lowest BCUT2D eigenvalue weighted by Crippen LogP contribution is -2.40. The summed E-state index contributed by atoms with van der Waals surface area (Å²) >= 11 is 1.33. The van der Waals surface area contributed by atoms with E-state index in [1.165, 1.54) is 22.0 Å². The van der Waals surface area contributed by atoms with Crippen molar-refractivity contribution >= 4 is 23.4 Å². The molecule has 0 bridgehead atoms. The first-order valence-corrected chi connectivity index (χ1v) is 9.77. The van der Waals surface area contributed by atoms with Crippen molar-refractivity contribution in [2.75, 3.05) is 10.7 Å². The summed E-state index contributed by atoms with van der Waals surface area (Å²) in [6.07, 6.45) is 0.879.